The minimum atomic E-state index is -1.57. The van der Waals surface area contributed by atoms with Gasteiger partial charge >= 0.3 is 11.9 Å². The molecule has 2 aromatic carbocycles. The molecule has 14 heteroatoms. The maximum Gasteiger partial charge on any atom is 0.326 e. The van der Waals surface area contributed by atoms with Gasteiger partial charge in [0.15, 0.2) is 0 Å². The van der Waals surface area contributed by atoms with E-state index in [4.69, 9.17) is 0 Å². The van der Waals surface area contributed by atoms with Crippen LogP contribution in [0.5, 0.6) is 0 Å². The average molecular weight is 668 g/mol. The van der Waals surface area contributed by atoms with Gasteiger partial charge in [0.2, 0.25) is 23.6 Å². The number of hydrogen-bond donors (Lipinski definition) is 7. The van der Waals surface area contributed by atoms with Crippen molar-refractivity contribution in [1.29, 1.82) is 0 Å². The standard InChI is InChI=1S/C33H41N5O8S/c1-18(2)28(38-31(43)25(16-27(40)41)36-30(42)24(13-14-47-4)35-19(3)39)32(44)37-26(33(45)46)15-21-17-34-29-22(11-8-12-23(21)29)20-9-6-5-7-10-20/h5-12,17-18,24-26,28,34H,13-16H2,1-4H3,(H,35,39)(H,36,42)(H,37,44)(H,38,43)(H,40,41)(H,45,46)/t24-,25-,26-,28-/m0/s1. The Morgan fingerprint density at radius 3 is 2.06 bits per heavy atom. The smallest absolute Gasteiger partial charge is 0.326 e. The number of aliphatic carboxylic acids is 2. The van der Waals surface area contributed by atoms with E-state index >= 15 is 0 Å². The molecule has 0 saturated heterocycles. The molecule has 1 aromatic heterocycles. The quantitative estimate of drug-likeness (QED) is 0.113. The first-order valence-electron chi connectivity index (χ1n) is 15.1. The molecule has 0 aliphatic heterocycles. The summed E-state index contributed by atoms with van der Waals surface area (Å²) in [6.45, 7) is 4.49. The highest BCUT2D eigenvalue weighted by atomic mass is 32.2. The van der Waals surface area contributed by atoms with E-state index in [1.165, 1.54) is 18.7 Å². The van der Waals surface area contributed by atoms with Crippen LogP contribution in [0.15, 0.2) is 54.7 Å². The summed E-state index contributed by atoms with van der Waals surface area (Å²) in [6.07, 6.45) is 2.91. The zero-order valence-electron chi connectivity index (χ0n) is 26.7. The second-order valence-electron chi connectivity index (χ2n) is 11.4. The van der Waals surface area contributed by atoms with Crippen LogP contribution in [0.3, 0.4) is 0 Å². The Hall–Kier alpha value is -4.85. The normalized spacial score (nSPS) is 13.6. The van der Waals surface area contributed by atoms with E-state index in [9.17, 15) is 39.0 Å². The maximum absolute atomic E-state index is 13.4. The fourth-order valence-electron chi connectivity index (χ4n) is 5.12. The highest BCUT2D eigenvalue weighted by molar-refractivity contribution is 7.98. The summed E-state index contributed by atoms with van der Waals surface area (Å²) in [5.41, 5.74) is 3.39. The van der Waals surface area contributed by atoms with Crippen molar-refractivity contribution >= 4 is 58.2 Å². The molecule has 13 nitrogen and oxygen atoms in total. The lowest BCUT2D eigenvalue weighted by Gasteiger charge is -2.27. The van der Waals surface area contributed by atoms with Gasteiger partial charge in [0.05, 0.1) is 11.9 Å². The van der Waals surface area contributed by atoms with E-state index in [1.807, 2.05) is 54.8 Å². The van der Waals surface area contributed by atoms with E-state index < -0.39 is 72.1 Å². The Bertz CT molecular complexity index is 1590. The number of carbonyl (C=O) groups excluding carboxylic acids is 4. The van der Waals surface area contributed by atoms with E-state index in [0.29, 0.717) is 11.3 Å². The van der Waals surface area contributed by atoms with Crippen LogP contribution in [0.1, 0.15) is 39.2 Å². The van der Waals surface area contributed by atoms with Crippen molar-refractivity contribution in [3.8, 4) is 11.1 Å². The van der Waals surface area contributed by atoms with Crippen molar-refractivity contribution < 1.29 is 39.0 Å². The summed E-state index contributed by atoms with van der Waals surface area (Å²) >= 11 is 1.44. The molecular weight excluding hydrogens is 626 g/mol. The Morgan fingerprint density at radius 2 is 1.47 bits per heavy atom. The number of carbonyl (C=O) groups is 6. The number of carboxylic acid groups (broad SMARTS) is 2. The van der Waals surface area contributed by atoms with E-state index in [-0.39, 0.29) is 12.8 Å². The molecule has 4 amide bonds. The number of aromatic nitrogens is 1. The fraction of sp³-hybridized carbons (Fsp3) is 0.394. The summed E-state index contributed by atoms with van der Waals surface area (Å²) in [7, 11) is 0. The number of rotatable bonds is 17. The summed E-state index contributed by atoms with van der Waals surface area (Å²) in [5, 5.41) is 30.1. The SMILES string of the molecule is CSCC[C@H](NC(C)=O)C(=O)N[C@@H](CC(=O)O)C(=O)N[C@H](C(=O)N[C@@H](Cc1c[nH]c2c(-c3ccccc3)cccc12)C(=O)O)C(C)C. The van der Waals surface area contributed by atoms with Gasteiger partial charge in [0.1, 0.15) is 24.2 Å². The zero-order valence-corrected chi connectivity index (χ0v) is 27.5. The van der Waals surface area contributed by atoms with Crippen LogP contribution in [0.25, 0.3) is 22.0 Å². The Labute approximate surface area is 276 Å². The molecule has 0 radical (unpaired) electrons. The van der Waals surface area contributed by atoms with Crippen LogP contribution >= 0.6 is 11.8 Å². The first kappa shape index (κ1) is 36.6. The summed E-state index contributed by atoms with van der Waals surface area (Å²) in [4.78, 5) is 78.4. The average Bonchev–Trinajstić information content (AvgIpc) is 3.43. The molecular formula is C33H41N5O8S. The number of nitrogens with one attached hydrogen (secondary N) is 5. The molecule has 0 spiro atoms. The number of H-pyrrole nitrogens is 1. The van der Waals surface area contributed by atoms with Gasteiger partial charge in [-0.1, -0.05) is 62.4 Å². The minimum absolute atomic E-state index is 0.0592. The second-order valence-corrected chi connectivity index (χ2v) is 12.4. The molecule has 7 N–H and O–H groups in total. The third kappa shape index (κ3) is 10.3. The molecule has 0 bridgehead atoms. The number of aromatic amines is 1. The first-order chi connectivity index (χ1) is 22.3. The lowest BCUT2D eigenvalue weighted by atomic mass is 9.98. The highest BCUT2D eigenvalue weighted by Gasteiger charge is 2.33. The van der Waals surface area contributed by atoms with Gasteiger partial charge in [-0.3, -0.25) is 24.0 Å². The van der Waals surface area contributed by atoms with E-state index in [0.717, 1.165) is 22.0 Å². The van der Waals surface area contributed by atoms with Crippen LogP contribution in [-0.2, 0) is 35.2 Å². The van der Waals surface area contributed by atoms with E-state index in [1.54, 1.807) is 20.0 Å². The third-order valence-corrected chi connectivity index (χ3v) is 8.13. The van der Waals surface area contributed by atoms with Crippen molar-refractivity contribution in [3.63, 3.8) is 0 Å². The fourth-order valence-corrected chi connectivity index (χ4v) is 5.59. The number of fused-ring (bicyclic) bond motifs is 1. The molecule has 252 valence electrons. The summed E-state index contributed by atoms with van der Waals surface area (Å²) in [6, 6.07) is 10.2. The molecule has 4 atom stereocenters. The number of benzene rings is 2. The Kier molecular flexibility index (Phi) is 13.4. The molecule has 0 unspecified atom stereocenters. The van der Waals surface area contributed by atoms with Gasteiger partial charge in [-0.2, -0.15) is 11.8 Å². The minimum Gasteiger partial charge on any atom is -0.481 e. The molecule has 3 rings (SSSR count). The lowest BCUT2D eigenvalue weighted by molar-refractivity contribution is -0.143. The van der Waals surface area contributed by atoms with Gasteiger partial charge in [0.25, 0.3) is 0 Å². The van der Waals surface area contributed by atoms with Gasteiger partial charge in [-0.25, -0.2) is 4.79 Å². The maximum atomic E-state index is 13.4. The molecule has 0 fully saturated rings. The van der Waals surface area contributed by atoms with Gasteiger partial charge in [-0.15, -0.1) is 0 Å². The second kappa shape index (κ2) is 17.2. The molecule has 47 heavy (non-hydrogen) atoms. The van der Waals surface area contributed by atoms with Crippen LogP contribution in [0.4, 0.5) is 0 Å². The summed E-state index contributed by atoms with van der Waals surface area (Å²) < 4.78 is 0. The molecule has 0 saturated carbocycles. The van der Waals surface area contributed by atoms with Crippen molar-refractivity contribution in [1.82, 2.24) is 26.3 Å². The van der Waals surface area contributed by atoms with Crippen molar-refractivity contribution in [2.75, 3.05) is 12.0 Å². The van der Waals surface area contributed by atoms with Crippen molar-refractivity contribution in [2.45, 2.75) is 64.2 Å². The van der Waals surface area contributed by atoms with Gasteiger partial charge in [0, 0.05) is 30.5 Å². The van der Waals surface area contributed by atoms with Gasteiger partial charge < -0.3 is 36.5 Å². The van der Waals surface area contributed by atoms with Crippen LogP contribution in [-0.4, -0.2) is 86.9 Å². The number of para-hydroxylation sites is 1. The van der Waals surface area contributed by atoms with Crippen LogP contribution in [0, 0.1) is 5.92 Å². The number of thioether (sulfide) groups is 1. The monoisotopic (exact) mass is 667 g/mol. The molecule has 0 aliphatic carbocycles. The van der Waals surface area contributed by atoms with Crippen LogP contribution < -0.4 is 21.3 Å². The highest BCUT2D eigenvalue weighted by Crippen LogP contribution is 2.30. The molecule has 1 heterocycles. The molecule has 0 aliphatic rings. The first-order valence-corrected chi connectivity index (χ1v) is 16.5. The van der Waals surface area contributed by atoms with Gasteiger partial charge in [-0.05, 0) is 35.5 Å². The number of carboxylic acids is 2. The van der Waals surface area contributed by atoms with Crippen molar-refractivity contribution in [2.24, 2.45) is 5.92 Å². The predicted octanol–water partition coefficient (Wildman–Crippen LogP) is 2.30. The lowest BCUT2D eigenvalue weighted by Crippen LogP contribution is -2.59. The summed E-state index contributed by atoms with van der Waals surface area (Å²) in [5.74, 6) is -5.64. The number of amides is 4. The molecule has 3 aromatic rings. The zero-order chi connectivity index (χ0) is 34.7. The Balaban J connectivity index is 1.77. The third-order valence-electron chi connectivity index (χ3n) is 7.49. The predicted molar refractivity (Wildman–Crippen MR) is 179 cm³/mol. The van der Waals surface area contributed by atoms with E-state index in [2.05, 4.69) is 26.3 Å². The van der Waals surface area contributed by atoms with Crippen molar-refractivity contribution in [3.05, 3.63) is 60.3 Å². The Morgan fingerprint density at radius 1 is 0.809 bits per heavy atom. The largest absolute Gasteiger partial charge is 0.481 e. The number of hydrogen-bond acceptors (Lipinski definition) is 7. The topological polar surface area (TPSA) is 207 Å². The van der Waals surface area contributed by atoms with Crippen LogP contribution in [0.2, 0.25) is 0 Å².